The Hall–Kier alpha value is -0.860. The van der Waals surface area contributed by atoms with Crippen LogP contribution in [0.5, 0.6) is 0 Å². The van der Waals surface area contributed by atoms with Gasteiger partial charge in [0, 0.05) is 11.8 Å². The largest absolute Gasteiger partial charge is 0.392 e. The molecular formula is C19H24O2. The lowest BCUT2D eigenvalue weighted by molar-refractivity contribution is -0.0557. The van der Waals surface area contributed by atoms with Crippen LogP contribution >= 0.6 is 0 Å². The van der Waals surface area contributed by atoms with Gasteiger partial charge in [-0.2, -0.15) is 0 Å². The van der Waals surface area contributed by atoms with E-state index in [9.17, 15) is 5.11 Å². The summed E-state index contributed by atoms with van der Waals surface area (Å²) in [6.07, 6.45) is 8.38. The van der Waals surface area contributed by atoms with Crippen molar-refractivity contribution >= 4 is 0 Å². The number of fused-ring (bicyclic) bond motifs is 2. The van der Waals surface area contributed by atoms with E-state index in [1.807, 2.05) is 0 Å². The van der Waals surface area contributed by atoms with Gasteiger partial charge in [0.1, 0.15) is 11.2 Å². The minimum Gasteiger partial charge on any atom is -0.392 e. The monoisotopic (exact) mass is 284 g/mol. The Morgan fingerprint density at radius 3 is 2.52 bits per heavy atom. The molecule has 1 saturated heterocycles. The van der Waals surface area contributed by atoms with Crippen molar-refractivity contribution < 1.29 is 9.84 Å². The number of aliphatic hydroxyl groups is 1. The summed E-state index contributed by atoms with van der Waals surface area (Å²) in [6, 6.07) is 10.9. The van der Waals surface area contributed by atoms with Crippen molar-refractivity contribution in [2.45, 2.75) is 68.2 Å². The number of rotatable bonds is 1. The summed E-state index contributed by atoms with van der Waals surface area (Å²) in [5.74, 6) is 1.21. The molecule has 112 valence electrons. The summed E-state index contributed by atoms with van der Waals surface area (Å²) in [5.41, 5.74) is 1.47. The van der Waals surface area contributed by atoms with E-state index in [1.54, 1.807) is 0 Å². The van der Waals surface area contributed by atoms with Gasteiger partial charge in [-0.1, -0.05) is 49.6 Å². The molecule has 1 N–H and O–H groups in total. The average molecular weight is 284 g/mol. The lowest BCUT2D eigenvalue weighted by Crippen LogP contribution is -2.57. The minimum absolute atomic E-state index is 0.0160. The van der Waals surface area contributed by atoms with Crippen LogP contribution in [0.2, 0.25) is 0 Å². The molecule has 1 aliphatic heterocycles. The first kappa shape index (κ1) is 12.7. The third-order valence-electron chi connectivity index (χ3n) is 6.98. The molecule has 0 unspecified atom stereocenters. The highest BCUT2D eigenvalue weighted by Gasteiger charge is 2.81. The molecule has 1 heterocycles. The quantitative estimate of drug-likeness (QED) is 0.799. The van der Waals surface area contributed by atoms with E-state index in [2.05, 4.69) is 30.3 Å². The second-order valence-corrected chi connectivity index (χ2v) is 7.67. The van der Waals surface area contributed by atoms with Crippen molar-refractivity contribution in [2.24, 2.45) is 11.8 Å². The van der Waals surface area contributed by atoms with Gasteiger partial charge in [0.25, 0.3) is 0 Å². The van der Waals surface area contributed by atoms with Gasteiger partial charge in [0.2, 0.25) is 0 Å². The molecule has 4 aliphatic rings. The zero-order valence-electron chi connectivity index (χ0n) is 12.5. The Balaban J connectivity index is 1.66. The van der Waals surface area contributed by atoms with Crippen molar-refractivity contribution in [3.8, 4) is 0 Å². The predicted molar refractivity (Wildman–Crippen MR) is 81.0 cm³/mol. The van der Waals surface area contributed by atoms with Gasteiger partial charge in [-0.3, -0.25) is 0 Å². The van der Waals surface area contributed by atoms with Gasteiger partial charge in [-0.25, -0.2) is 0 Å². The van der Waals surface area contributed by atoms with Crippen LogP contribution in [-0.2, 0) is 4.74 Å². The Bertz CT molecular complexity index is 556. The smallest absolute Gasteiger partial charge is 0.106 e. The van der Waals surface area contributed by atoms with Gasteiger partial charge in [-0.05, 0) is 37.2 Å². The third-order valence-corrected chi connectivity index (χ3v) is 6.98. The molecule has 3 aliphatic carbocycles. The highest BCUT2D eigenvalue weighted by Crippen LogP contribution is 2.74. The number of ether oxygens (including phenoxy) is 1. The van der Waals surface area contributed by atoms with Gasteiger partial charge in [-0.15, -0.1) is 0 Å². The molecular weight excluding hydrogens is 260 g/mol. The first-order valence-corrected chi connectivity index (χ1v) is 8.72. The molecule has 2 nitrogen and oxygen atoms in total. The second kappa shape index (κ2) is 4.11. The number of benzene rings is 1. The van der Waals surface area contributed by atoms with E-state index in [-0.39, 0.29) is 17.3 Å². The molecule has 4 fully saturated rings. The predicted octanol–water partition coefficient (Wildman–Crippen LogP) is 3.64. The minimum atomic E-state index is -0.155. The molecule has 2 bridgehead atoms. The SMILES string of the molecule is O[C@H]1[C@H]2CCC[C@@H]1[C@]13CCCC[C@@]1(O3)[C@@H]2c1ccccc1. The average Bonchev–Trinajstić information content (AvgIpc) is 3.20. The first-order chi connectivity index (χ1) is 10.3. The summed E-state index contributed by atoms with van der Waals surface area (Å²) >= 11 is 0. The van der Waals surface area contributed by atoms with E-state index >= 15 is 0 Å². The second-order valence-electron chi connectivity index (χ2n) is 7.67. The van der Waals surface area contributed by atoms with E-state index in [0.29, 0.717) is 17.8 Å². The number of hydrogen-bond acceptors (Lipinski definition) is 2. The van der Waals surface area contributed by atoms with Crippen molar-refractivity contribution in [2.75, 3.05) is 0 Å². The van der Waals surface area contributed by atoms with Crippen LogP contribution in [0.3, 0.4) is 0 Å². The maximum absolute atomic E-state index is 11.0. The molecule has 5 rings (SSSR count). The first-order valence-electron chi connectivity index (χ1n) is 8.72. The fraction of sp³-hybridized carbons (Fsp3) is 0.684. The maximum Gasteiger partial charge on any atom is 0.106 e. The Labute approximate surface area is 126 Å². The molecule has 0 spiro atoms. The highest BCUT2D eigenvalue weighted by atomic mass is 16.6. The highest BCUT2D eigenvalue weighted by molar-refractivity contribution is 5.38. The molecule has 3 saturated carbocycles. The van der Waals surface area contributed by atoms with Gasteiger partial charge in [0.05, 0.1) is 6.10 Å². The van der Waals surface area contributed by atoms with Crippen LogP contribution in [0.25, 0.3) is 0 Å². The van der Waals surface area contributed by atoms with Crippen molar-refractivity contribution in [1.82, 2.24) is 0 Å². The van der Waals surface area contributed by atoms with Gasteiger partial charge < -0.3 is 9.84 Å². The topological polar surface area (TPSA) is 32.8 Å². The van der Waals surface area contributed by atoms with Gasteiger partial charge >= 0.3 is 0 Å². The standard InChI is InChI=1S/C19H24O2/c20-17-14-9-6-10-15(17)18-11-4-5-12-19(18,21-18)16(14)13-7-2-1-3-8-13/h1-3,7-8,14-17,20H,4-6,9-12H2/t14-,15-,16+,17-,18+,19+/m0/s1. The number of aliphatic hydroxyl groups excluding tert-OH is 1. The maximum atomic E-state index is 11.0. The van der Waals surface area contributed by atoms with E-state index < -0.39 is 0 Å². The summed E-state index contributed by atoms with van der Waals surface area (Å²) < 4.78 is 6.61. The molecule has 1 aromatic carbocycles. The molecule has 21 heavy (non-hydrogen) atoms. The van der Waals surface area contributed by atoms with Crippen LogP contribution in [0, 0.1) is 11.8 Å². The normalized spacial score (nSPS) is 50.9. The van der Waals surface area contributed by atoms with E-state index in [0.717, 1.165) is 0 Å². The summed E-state index contributed by atoms with van der Waals surface area (Å²) in [4.78, 5) is 0. The fourth-order valence-electron chi connectivity index (χ4n) is 6.27. The summed E-state index contributed by atoms with van der Waals surface area (Å²) in [7, 11) is 0. The Kier molecular flexibility index (Phi) is 2.48. The van der Waals surface area contributed by atoms with Crippen LogP contribution in [0.1, 0.15) is 56.4 Å². The molecule has 0 amide bonds. The fourth-order valence-corrected chi connectivity index (χ4v) is 6.27. The van der Waals surface area contributed by atoms with Crippen LogP contribution in [0.15, 0.2) is 30.3 Å². The van der Waals surface area contributed by atoms with Crippen LogP contribution in [-0.4, -0.2) is 22.4 Å². The number of epoxide rings is 1. The molecule has 1 aromatic rings. The zero-order valence-corrected chi connectivity index (χ0v) is 12.5. The Morgan fingerprint density at radius 2 is 1.71 bits per heavy atom. The van der Waals surface area contributed by atoms with Crippen molar-refractivity contribution in [3.05, 3.63) is 35.9 Å². The zero-order chi connectivity index (χ0) is 14.1. The van der Waals surface area contributed by atoms with Crippen molar-refractivity contribution in [1.29, 1.82) is 0 Å². The van der Waals surface area contributed by atoms with E-state index in [4.69, 9.17) is 4.74 Å². The summed E-state index contributed by atoms with van der Waals surface area (Å²) in [5, 5.41) is 11.0. The van der Waals surface area contributed by atoms with Gasteiger partial charge in [0.15, 0.2) is 0 Å². The van der Waals surface area contributed by atoms with Crippen LogP contribution in [0.4, 0.5) is 0 Å². The van der Waals surface area contributed by atoms with Crippen LogP contribution < -0.4 is 0 Å². The lowest BCUT2D eigenvalue weighted by atomic mass is 9.51. The molecule has 0 aromatic heterocycles. The third kappa shape index (κ3) is 1.41. The molecule has 2 heteroatoms. The molecule has 0 radical (unpaired) electrons. The Morgan fingerprint density at radius 1 is 0.952 bits per heavy atom. The molecule has 6 atom stereocenters. The van der Waals surface area contributed by atoms with E-state index in [1.165, 1.54) is 50.5 Å². The van der Waals surface area contributed by atoms with Crippen molar-refractivity contribution in [3.63, 3.8) is 0 Å². The number of hydrogen-bond donors (Lipinski definition) is 1. The lowest BCUT2D eigenvalue weighted by Gasteiger charge is -2.51. The summed E-state index contributed by atoms with van der Waals surface area (Å²) in [6.45, 7) is 0.